The van der Waals surface area contributed by atoms with Crippen LogP contribution in [-0.2, 0) is 6.54 Å². The Kier molecular flexibility index (Phi) is 4.31. The topological polar surface area (TPSA) is 24.9 Å². The van der Waals surface area contributed by atoms with E-state index in [-0.39, 0.29) is 0 Å². The maximum absolute atomic E-state index is 4.65. The highest BCUT2D eigenvalue weighted by Crippen LogP contribution is 2.30. The largest absolute Gasteiger partial charge is 0.309 e. The number of nitrogens with one attached hydrogen (secondary N) is 1. The fourth-order valence-corrected chi connectivity index (χ4v) is 3.32. The lowest BCUT2D eigenvalue weighted by Crippen LogP contribution is -2.24. The normalized spacial score (nSPS) is 12.9. The Morgan fingerprint density at radius 2 is 2.29 bits per heavy atom. The molecule has 2 aromatic heterocycles. The first-order valence-electron chi connectivity index (χ1n) is 5.94. The van der Waals surface area contributed by atoms with E-state index in [1.807, 2.05) is 0 Å². The number of aryl methyl sites for hydroxylation is 1. The van der Waals surface area contributed by atoms with Crippen LogP contribution in [0.4, 0.5) is 0 Å². The van der Waals surface area contributed by atoms with Crippen molar-refractivity contribution in [1.29, 1.82) is 0 Å². The van der Waals surface area contributed by atoms with E-state index >= 15 is 0 Å². The highest BCUT2D eigenvalue weighted by molar-refractivity contribution is 7.21. The maximum Gasteiger partial charge on any atom is 0.133 e. The fraction of sp³-hybridized carbons (Fsp3) is 0.462. The lowest BCUT2D eigenvalue weighted by molar-refractivity contribution is 0.536. The third-order valence-electron chi connectivity index (χ3n) is 2.85. The van der Waals surface area contributed by atoms with E-state index in [1.165, 1.54) is 9.75 Å². The number of hydrogen-bond donors (Lipinski definition) is 1. The van der Waals surface area contributed by atoms with Gasteiger partial charge in [-0.3, -0.25) is 0 Å². The average molecular weight is 266 g/mol. The summed E-state index contributed by atoms with van der Waals surface area (Å²) in [4.78, 5) is 7.27. The molecule has 0 aliphatic rings. The molecule has 2 heterocycles. The summed E-state index contributed by atoms with van der Waals surface area (Å²) in [6.07, 6.45) is 1.16. The van der Waals surface area contributed by atoms with Crippen molar-refractivity contribution in [3.8, 4) is 9.88 Å². The van der Waals surface area contributed by atoms with Gasteiger partial charge in [-0.25, -0.2) is 4.98 Å². The summed E-state index contributed by atoms with van der Waals surface area (Å²) in [5.41, 5.74) is 1.16. The summed E-state index contributed by atoms with van der Waals surface area (Å²) in [5.74, 6) is 0. The van der Waals surface area contributed by atoms with Gasteiger partial charge in [0, 0.05) is 17.5 Å². The van der Waals surface area contributed by atoms with Crippen LogP contribution in [0.5, 0.6) is 0 Å². The minimum atomic E-state index is 0.571. The van der Waals surface area contributed by atoms with Crippen molar-refractivity contribution in [2.24, 2.45) is 0 Å². The number of hydrogen-bond acceptors (Lipinski definition) is 4. The highest BCUT2D eigenvalue weighted by atomic mass is 32.1. The molecule has 0 saturated heterocycles. The smallest absolute Gasteiger partial charge is 0.133 e. The Bertz CT molecular complexity index is 460. The third-order valence-corrected chi connectivity index (χ3v) is 5.04. The second-order valence-corrected chi connectivity index (χ2v) is 6.23. The van der Waals surface area contributed by atoms with Gasteiger partial charge in [-0.1, -0.05) is 13.0 Å². The van der Waals surface area contributed by atoms with E-state index in [9.17, 15) is 0 Å². The number of thiophene rings is 1. The Morgan fingerprint density at radius 1 is 1.47 bits per heavy atom. The number of nitrogens with zero attached hydrogens (tertiary/aromatic N) is 1. The van der Waals surface area contributed by atoms with Gasteiger partial charge < -0.3 is 5.32 Å². The molecular formula is C13H18N2S2. The lowest BCUT2D eigenvalue weighted by Gasteiger charge is -2.09. The van der Waals surface area contributed by atoms with Crippen LogP contribution in [0.2, 0.25) is 0 Å². The molecule has 17 heavy (non-hydrogen) atoms. The lowest BCUT2D eigenvalue weighted by atomic mass is 10.2. The van der Waals surface area contributed by atoms with Crippen LogP contribution in [-0.4, -0.2) is 11.0 Å². The molecule has 4 heteroatoms. The maximum atomic E-state index is 4.65. The molecule has 0 aliphatic carbocycles. The second kappa shape index (κ2) is 5.76. The first kappa shape index (κ1) is 12.7. The molecule has 2 nitrogen and oxygen atoms in total. The molecular weight excluding hydrogens is 248 g/mol. The zero-order valence-corrected chi connectivity index (χ0v) is 12.1. The summed E-state index contributed by atoms with van der Waals surface area (Å²) in [6.45, 7) is 7.45. The Morgan fingerprint density at radius 3 is 2.94 bits per heavy atom. The van der Waals surface area contributed by atoms with Crippen LogP contribution < -0.4 is 5.32 Å². The predicted octanol–water partition coefficient (Wildman–Crippen LogP) is 4.07. The van der Waals surface area contributed by atoms with Crippen molar-refractivity contribution in [2.45, 2.75) is 39.8 Å². The molecule has 0 aliphatic heterocycles. The van der Waals surface area contributed by atoms with Crippen LogP contribution in [0.3, 0.4) is 0 Å². The molecule has 0 spiro atoms. The molecule has 92 valence electrons. The molecule has 2 aromatic rings. The number of aromatic nitrogens is 1. The van der Waals surface area contributed by atoms with Gasteiger partial charge in [-0.05, 0) is 31.7 Å². The predicted molar refractivity (Wildman–Crippen MR) is 76.8 cm³/mol. The van der Waals surface area contributed by atoms with Gasteiger partial charge in [-0.15, -0.1) is 22.7 Å². The third kappa shape index (κ3) is 3.15. The highest BCUT2D eigenvalue weighted by Gasteiger charge is 2.10. The Hall–Kier alpha value is -0.710. The second-order valence-electron chi connectivity index (χ2n) is 4.20. The molecule has 0 saturated carbocycles. The molecule has 1 N–H and O–H groups in total. The van der Waals surface area contributed by atoms with Crippen LogP contribution in [0.25, 0.3) is 9.88 Å². The van der Waals surface area contributed by atoms with Crippen molar-refractivity contribution in [3.05, 3.63) is 28.1 Å². The summed E-state index contributed by atoms with van der Waals surface area (Å²) >= 11 is 3.56. The van der Waals surface area contributed by atoms with Gasteiger partial charge in [0.2, 0.25) is 0 Å². The first-order valence-corrected chi connectivity index (χ1v) is 7.64. The van der Waals surface area contributed by atoms with Crippen LogP contribution >= 0.6 is 22.7 Å². The van der Waals surface area contributed by atoms with E-state index in [0.717, 1.165) is 23.7 Å². The number of rotatable bonds is 5. The SMILES string of the molecule is CCC(C)NCc1sc(-c2cccs2)nc1C. The Labute approximate surface area is 111 Å². The van der Waals surface area contributed by atoms with Crippen molar-refractivity contribution >= 4 is 22.7 Å². The van der Waals surface area contributed by atoms with Gasteiger partial charge in [0.15, 0.2) is 0 Å². The molecule has 1 atom stereocenters. The van der Waals surface area contributed by atoms with Crippen molar-refractivity contribution < 1.29 is 0 Å². The van der Waals surface area contributed by atoms with Crippen molar-refractivity contribution in [2.75, 3.05) is 0 Å². The zero-order chi connectivity index (χ0) is 12.3. The summed E-state index contributed by atoms with van der Waals surface area (Å²) in [7, 11) is 0. The minimum absolute atomic E-state index is 0.571. The van der Waals surface area contributed by atoms with Gasteiger partial charge in [0.25, 0.3) is 0 Å². The van der Waals surface area contributed by atoms with E-state index < -0.39 is 0 Å². The molecule has 0 amide bonds. The first-order chi connectivity index (χ1) is 8.20. The minimum Gasteiger partial charge on any atom is -0.309 e. The summed E-state index contributed by atoms with van der Waals surface area (Å²) in [6, 6.07) is 4.78. The summed E-state index contributed by atoms with van der Waals surface area (Å²) < 4.78 is 0. The van der Waals surface area contributed by atoms with Gasteiger partial charge in [0.1, 0.15) is 5.01 Å². The summed E-state index contributed by atoms with van der Waals surface area (Å²) in [5, 5.41) is 6.77. The zero-order valence-electron chi connectivity index (χ0n) is 10.5. The van der Waals surface area contributed by atoms with Gasteiger partial charge in [0.05, 0.1) is 10.6 Å². The standard InChI is InChI=1S/C13H18N2S2/c1-4-9(2)14-8-12-10(3)15-13(17-12)11-6-5-7-16-11/h5-7,9,14H,4,8H2,1-3H3. The molecule has 0 fully saturated rings. The van der Waals surface area contributed by atoms with E-state index in [0.29, 0.717) is 6.04 Å². The van der Waals surface area contributed by atoms with Crippen molar-refractivity contribution in [3.63, 3.8) is 0 Å². The van der Waals surface area contributed by atoms with Gasteiger partial charge in [-0.2, -0.15) is 0 Å². The average Bonchev–Trinajstić information content (AvgIpc) is 2.95. The Balaban J connectivity index is 2.09. The monoisotopic (exact) mass is 266 g/mol. The number of thiazole rings is 1. The van der Waals surface area contributed by atoms with E-state index in [4.69, 9.17) is 0 Å². The van der Waals surface area contributed by atoms with Crippen LogP contribution in [0, 0.1) is 6.92 Å². The van der Waals surface area contributed by atoms with Crippen molar-refractivity contribution in [1.82, 2.24) is 10.3 Å². The molecule has 2 rings (SSSR count). The molecule has 0 bridgehead atoms. The molecule has 1 unspecified atom stereocenters. The van der Waals surface area contributed by atoms with Crippen LogP contribution in [0.1, 0.15) is 30.8 Å². The molecule has 0 radical (unpaired) electrons. The quantitative estimate of drug-likeness (QED) is 0.882. The van der Waals surface area contributed by atoms with E-state index in [2.05, 4.69) is 48.6 Å². The van der Waals surface area contributed by atoms with Gasteiger partial charge >= 0.3 is 0 Å². The fourth-order valence-electron chi connectivity index (χ4n) is 1.51. The van der Waals surface area contributed by atoms with Crippen LogP contribution in [0.15, 0.2) is 17.5 Å². The van der Waals surface area contributed by atoms with E-state index in [1.54, 1.807) is 22.7 Å². The molecule has 0 aromatic carbocycles.